The van der Waals surface area contributed by atoms with Crippen LogP contribution in [0.5, 0.6) is 0 Å². The highest BCUT2D eigenvalue weighted by molar-refractivity contribution is 5.96. The molecule has 0 bridgehead atoms. The van der Waals surface area contributed by atoms with E-state index in [1.807, 2.05) is 78.1 Å². The fraction of sp³-hybridized carbons (Fsp3) is 0.647. The normalized spacial score (nSPS) is 21.8. The SMILES string of the molecule is CC(=C[C@H](C(C)C)N(C)C(=O)[C@@H](NC(=O)[C@H]1CCCCN1C)C(C)C)C(=O)N1CCC[C@H]1C(=O)OC(C)c1ccccc1. The summed E-state index contributed by atoms with van der Waals surface area (Å²) in [5.41, 5.74) is 1.38. The average Bonchev–Trinajstić information content (AvgIpc) is 3.48. The Labute approximate surface area is 258 Å². The fourth-order valence-electron chi connectivity index (χ4n) is 6.14. The number of hydrogen-bond acceptors (Lipinski definition) is 6. The zero-order chi connectivity index (χ0) is 31.8. The van der Waals surface area contributed by atoms with E-state index in [1.165, 1.54) is 0 Å². The number of benzene rings is 1. The van der Waals surface area contributed by atoms with E-state index in [9.17, 15) is 19.2 Å². The largest absolute Gasteiger partial charge is 0.456 e. The third-order valence-corrected chi connectivity index (χ3v) is 8.89. The molecule has 2 heterocycles. The van der Waals surface area contributed by atoms with Crippen LogP contribution in [0.4, 0.5) is 0 Å². The van der Waals surface area contributed by atoms with Gasteiger partial charge in [-0.25, -0.2) is 4.79 Å². The van der Waals surface area contributed by atoms with Crippen LogP contribution in [0.2, 0.25) is 0 Å². The highest BCUT2D eigenvalue weighted by atomic mass is 16.5. The molecule has 2 aliphatic rings. The molecule has 2 fully saturated rings. The van der Waals surface area contributed by atoms with Crippen LogP contribution in [0.25, 0.3) is 0 Å². The number of carbonyl (C=O) groups excluding carboxylic acids is 4. The zero-order valence-electron chi connectivity index (χ0n) is 27.3. The maximum Gasteiger partial charge on any atom is 0.329 e. The van der Waals surface area contributed by atoms with E-state index in [0.29, 0.717) is 18.5 Å². The second-order valence-electron chi connectivity index (χ2n) is 12.9. The summed E-state index contributed by atoms with van der Waals surface area (Å²) in [6, 6.07) is 7.61. The van der Waals surface area contributed by atoms with Crippen LogP contribution in [0.15, 0.2) is 42.0 Å². The van der Waals surface area contributed by atoms with Gasteiger partial charge in [-0.2, -0.15) is 0 Å². The van der Waals surface area contributed by atoms with Crippen molar-refractivity contribution in [3.05, 3.63) is 47.5 Å². The molecule has 2 aliphatic heterocycles. The van der Waals surface area contributed by atoms with Crippen molar-refractivity contribution in [2.45, 2.75) is 104 Å². The van der Waals surface area contributed by atoms with Crippen LogP contribution in [0.3, 0.4) is 0 Å². The molecule has 9 nitrogen and oxygen atoms in total. The Hall–Kier alpha value is -3.20. The summed E-state index contributed by atoms with van der Waals surface area (Å²) in [7, 11) is 3.69. The number of nitrogens with zero attached hydrogens (tertiary/aromatic N) is 3. The number of rotatable bonds is 11. The van der Waals surface area contributed by atoms with Crippen molar-refractivity contribution < 1.29 is 23.9 Å². The van der Waals surface area contributed by atoms with Gasteiger partial charge < -0.3 is 19.9 Å². The molecular weight excluding hydrogens is 544 g/mol. The molecule has 2 saturated heterocycles. The van der Waals surface area contributed by atoms with Gasteiger partial charge in [-0.05, 0) is 70.5 Å². The Kier molecular flexibility index (Phi) is 12.4. The number of ether oxygens (including phenoxy) is 1. The van der Waals surface area contributed by atoms with E-state index in [4.69, 9.17) is 4.74 Å². The van der Waals surface area contributed by atoms with E-state index in [1.54, 1.807) is 23.8 Å². The lowest BCUT2D eigenvalue weighted by molar-refractivity contribution is -0.156. The van der Waals surface area contributed by atoms with Crippen LogP contribution in [-0.4, -0.2) is 89.7 Å². The van der Waals surface area contributed by atoms with Crippen LogP contribution in [-0.2, 0) is 23.9 Å². The predicted molar refractivity (Wildman–Crippen MR) is 168 cm³/mol. The molecule has 0 spiro atoms. The Morgan fingerprint density at radius 1 is 0.930 bits per heavy atom. The van der Waals surface area contributed by atoms with Gasteiger partial charge in [0.1, 0.15) is 18.2 Å². The Balaban J connectivity index is 1.72. The molecule has 43 heavy (non-hydrogen) atoms. The van der Waals surface area contributed by atoms with Crippen molar-refractivity contribution in [1.29, 1.82) is 0 Å². The summed E-state index contributed by atoms with van der Waals surface area (Å²) in [4.78, 5) is 59.1. The summed E-state index contributed by atoms with van der Waals surface area (Å²) in [6.07, 6.45) is 5.53. The van der Waals surface area contributed by atoms with E-state index < -0.39 is 24.2 Å². The lowest BCUT2D eigenvalue weighted by Crippen LogP contribution is -2.57. The number of hydrogen-bond donors (Lipinski definition) is 1. The minimum absolute atomic E-state index is 0.00996. The third kappa shape index (κ3) is 8.68. The summed E-state index contributed by atoms with van der Waals surface area (Å²) in [6.45, 7) is 12.8. The molecule has 5 atom stereocenters. The standard InChI is InChI=1S/C34H52N4O5/c1-22(2)29(37(8)33(41)30(23(3)4)35-31(39)27-17-12-13-19-36(27)7)21-24(5)32(40)38-20-14-18-28(38)34(42)43-25(6)26-15-10-9-11-16-26/h9-11,15-16,21-23,25,27-30H,12-14,17-20H2,1-8H3,(H,35,39)/t25?,27-,28+,29-,30+/m1/s1. The number of nitrogens with one attached hydrogen (secondary N) is 1. The molecular formula is C34H52N4O5. The molecule has 3 rings (SSSR count). The Morgan fingerprint density at radius 2 is 1.58 bits per heavy atom. The van der Waals surface area contributed by atoms with Crippen LogP contribution >= 0.6 is 0 Å². The molecule has 0 aliphatic carbocycles. The maximum atomic E-state index is 13.8. The number of carbonyl (C=O) groups is 4. The number of amides is 3. The molecule has 3 amide bonds. The first kappa shape index (κ1) is 34.3. The molecule has 238 valence electrons. The molecule has 0 aromatic heterocycles. The van der Waals surface area contributed by atoms with Crippen molar-refractivity contribution in [2.75, 3.05) is 27.2 Å². The van der Waals surface area contributed by atoms with Crippen LogP contribution < -0.4 is 5.32 Å². The van der Waals surface area contributed by atoms with E-state index in [-0.39, 0.29) is 41.6 Å². The van der Waals surface area contributed by atoms with Gasteiger partial charge in [-0.3, -0.25) is 19.3 Å². The first-order valence-electron chi connectivity index (χ1n) is 15.9. The zero-order valence-corrected chi connectivity index (χ0v) is 27.3. The van der Waals surface area contributed by atoms with Gasteiger partial charge in [0.2, 0.25) is 17.7 Å². The minimum Gasteiger partial charge on any atom is -0.456 e. The first-order chi connectivity index (χ1) is 20.3. The highest BCUT2D eigenvalue weighted by Crippen LogP contribution is 2.26. The molecule has 1 unspecified atom stereocenters. The second kappa shape index (κ2) is 15.5. The van der Waals surface area contributed by atoms with E-state index in [2.05, 4.69) is 10.2 Å². The average molecular weight is 597 g/mol. The summed E-state index contributed by atoms with van der Waals surface area (Å²) in [5, 5.41) is 3.04. The van der Waals surface area contributed by atoms with E-state index >= 15 is 0 Å². The molecule has 0 radical (unpaired) electrons. The van der Waals surface area contributed by atoms with Gasteiger partial charge in [0.15, 0.2) is 0 Å². The van der Waals surface area contributed by atoms with E-state index in [0.717, 1.165) is 37.8 Å². The van der Waals surface area contributed by atoms with Crippen molar-refractivity contribution >= 4 is 23.7 Å². The Morgan fingerprint density at radius 3 is 2.19 bits per heavy atom. The summed E-state index contributed by atoms with van der Waals surface area (Å²) in [5.74, 6) is -1.03. The molecule has 1 aromatic carbocycles. The van der Waals surface area contributed by atoms with Gasteiger partial charge in [0, 0.05) is 19.2 Å². The minimum atomic E-state index is -0.678. The smallest absolute Gasteiger partial charge is 0.329 e. The fourth-order valence-corrected chi connectivity index (χ4v) is 6.14. The van der Waals surface area contributed by atoms with Gasteiger partial charge in [-0.1, -0.05) is 70.5 Å². The van der Waals surface area contributed by atoms with Gasteiger partial charge in [0.25, 0.3) is 0 Å². The van der Waals surface area contributed by atoms with Gasteiger partial charge >= 0.3 is 5.97 Å². The summed E-state index contributed by atoms with van der Waals surface area (Å²) >= 11 is 0. The second-order valence-corrected chi connectivity index (χ2v) is 12.9. The number of likely N-dealkylation sites (N-methyl/N-ethyl adjacent to an activating group) is 2. The van der Waals surface area contributed by atoms with Crippen LogP contribution in [0, 0.1) is 11.8 Å². The number of likely N-dealkylation sites (tertiary alicyclic amines) is 2. The highest BCUT2D eigenvalue weighted by Gasteiger charge is 2.38. The van der Waals surface area contributed by atoms with Gasteiger partial charge in [0.05, 0.1) is 12.1 Å². The lowest BCUT2D eigenvalue weighted by atomic mass is 9.96. The molecule has 1 aromatic rings. The van der Waals surface area contributed by atoms with Crippen molar-refractivity contribution in [3.63, 3.8) is 0 Å². The molecule has 1 N–H and O–H groups in total. The van der Waals surface area contributed by atoms with Crippen molar-refractivity contribution in [2.24, 2.45) is 11.8 Å². The quantitative estimate of drug-likeness (QED) is 0.302. The third-order valence-electron chi connectivity index (χ3n) is 8.89. The van der Waals surface area contributed by atoms with Gasteiger partial charge in [-0.15, -0.1) is 0 Å². The molecule has 9 heteroatoms. The summed E-state index contributed by atoms with van der Waals surface area (Å²) < 4.78 is 5.76. The number of esters is 1. The predicted octanol–water partition coefficient (Wildman–Crippen LogP) is 4.34. The lowest BCUT2D eigenvalue weighted by Gasteiger charge is -2.36. The molecule has 0 saturated carbocycles. The number of piperidine rings is 1. The van der Waals surface area contributed by atoms with Crippen LogP contribution in [0.1, 0.15) is 85.3 Å². The Bertz CT molecular complexity index is 1150. The van der Waals surface area contributed by atoms with Crippen molar-refractivity contribution in [3.8, 4) is 0 Å². The maximum absolute atomic E-state index is 13.8. The topological polar surface area (TPSA) is 99.3 Å². The monoisotopic (exact) mass is 596 g/mol. The first-order valence-corrected chi connectivity index (χ1v) is 15.9. The van der Waals surface area contributed by atoms with Crippen molar-refractivity contribution in [1.82, 2.24) is 20.0 Å².